The number of primary amides is 1. The Morgan fingerprint density at radius 1 is 1.31 bits per heavy atom. The Balaban J connectivity index is 1.97. The fourth-order valence-corrected chi connectivity index (χ4v) is 3.87. The molecule has 3 rings (SSSR count). The number of hydrogen-bond acceptors (Lipinski definition) is 5. The average Bonchev–Trinajstić information content (AvgIpc) is 3.08. The maximum absolute atomic E-state index is 11.7. The number of aromatic nitrogens is 3. The molecule has 26 heavy (non-hydrogen) atoms. The second-order valence-electron chi connectivity index (χ2n) is 7.10. The van der Waals surface area contributed by atoms with Crippen molar-refractivity contribution < 1.29 is 9.53 Å². The van der Waals surface area contributed by atoms with Gasteiger partial charge in [0.2, 0.25) is 0 Å². The van der Waals surface area contributed by atoms with Crippen LogP contribution in [0.2, 0.25) is 0 Å². The molecule has 1 atom stereocenters. The van der Waals surface area contributed by atoms with Crippen LogP contribution in [-0.2, 0) is 0 Å². The van der Waals surface area contributed by atoms with Crippen molar-refractivity contribution in [2.75, 3.05) is 26.7 Å². The van der Waals surface area contributed by atoms with E-state index in [1.165, 1.54) is 25.7 Å². The Morgan fingerprint density at radius 3 is 2.85 bits per heavy atom. The van der Waals surface area contributed by atoms with Gasteiger partial charge in [-0.15, -0.1) is 5.10 Å². The smallest absolute Gasteiger partial charge is 0.252 e. The van der Waals surface area contributed by atoms with E-state index in [4.69, 9.17) is 10.5 Å². The largest absolute Gasteiger partial charge is 0.496 e. The molecular weight excluding hydrogens is 330 g/mol. The van der Waals surface area contributed by atoms with Gasteiger partial charge in [0.05, 0.1) is 24.2 Å². The third-order valence-electron chi connectivity index (χ3n) is 5.17. The van der Waals surface area contributed by atoms with E-state index in [1.54, 1.807) is 13.2 Å². The predicted molar refractivity (Wildman–Crippen MR) is 101 cm³/mol. The molecule has 142 valence electrons. The van der Waals surface area contributed by atoms with Crippen LogP contribution < -0.4 is 10.5 Å². The first-order chi connectivity index (χ1) is 12.6. The van der Waals surface area contributed by atoms with E-state index in [1.807, 2.05) is 10.7 Å². The number of nitrogens with two attached hydrogens (primary N) is 1. The van der Waals surface area contributed by atoms with Crippen molar-refractivity contribution >= 4 is 16.9 Å². The summed E-state index contributed by atoms with van der Waals surface area (Å²) >= 11 is 0. The Kier molecular flexibility index (Phi) is 6.08. The highest BCUT2D eigenvalue weighted by Crippen LogP contribution is 2.28. The zero-order chi connectivity index (χ0) is 18.5. The van der Waals surface area contributed by atoms with E-state index in [-0.39, 0.29) is 6.04 Å². The molecule has 0 saturated carbocycles. The summed E-state index contributed by atoms with van der Waals surface area (Å²) in [5, 5.41) is 8.72. The minimum absolute atomic E-state index is 0.272. The van der Waals surface area contributed by atoms with Gasteiger partial charge >= 0.3 is 0 Å². The molecule has 1 aliphatic rings. The summed E-state index contributed by atoms with van der Waals surface area (Å²) in [4.78, 5) is 14.2. The number of nitrogens with zero attached hydrogens (tertiary/aromatic N) is 4. The van der Waals surface area contributed by atoms with Crippen molar-refractivity contribution in [2.45, 2.75) is 51.5 Å². The maximum atomic E-state index is 11.7. The Labute approximate surface area is 154 Å². The number of amides is 1. The molecule has 0 aliphatic carbocycles. The van der Waals surface area contributed by atoms with E-state index in [0.29, 0.717) is 16.8 Å². The number of carbonyl (C=O) groups is 1. The summed E-state index contributed by atoms with van der Waals surface area (Å²) in [5.74, 6) is -0.0445. The Hall–Kier alpha value is -2.15. The first kappa shape index (κ1) is 18.6. The lowest BCUT2D eigenvalue weighted by molar-refractivity contribution is 0.0997. The van der Waals surface area contributed by atoms with Gasteiger partial charge in [-0.05, 0) is 38.4 Å². The summed E-state index contributed by atoms with van der Waals surface area (Å²) in [6, 6.07) is 3.79. The van der Waals surface area contributed by atoms with Gasteiger partial charge in [0.15, 0.2) is 0 Å². The second kappa shape index (κ2) is 8.49. The average molecular weight is 359 g/mol. The summed E-state index contributed by atoms with van der Waals surface area (Å²) < 4.78 is 7.38. The summed E-state index contributed by atoms with van der Waals surface area (Å²) in [5.41, 5.74) is 7.38. The van der Waals surface area contributed by atoms with Gasteiger partial charge in [0.25, 0.3) is 5.91 Å². The zero-order valence-corrected chi connectivity index (χ0v) is 15.8. The lowest BCUT2D eigenvalue weighted by Gasteiger charge is -2.26. The van der Waals surface area contributed by atoms with Crippen LogP contribution in [0.5, 0.6) is 5.75 Å². The molecular formula is C19H29N5O2. The molecule has 0 bridgehead atoms. The highest BCUT2D eigenvalue weighted by atomic mass is 16.5. The van der Waals surface area contributed by atoms with Crippen molar-refractivity contribution in [2.24, 2.45) is 5.73 Å². The van der Waals surface area contributed by atoms with E-state index in [2.05, 4.69) is 22.1 Å². The molecule has 7 nitrogen and oxygen atoms in total. The number of rotatable bonds is 5. The Morgan fingerprint density at radius 2 is 2.12 bits per heavy atom. The SMILES string of the molecule is CCCN1CCCCCCC(n2nnc3cc(C(N)=O)c(OC)cc32)C1. The molecule has 0 spiro atoms. The summed E-state index contributed by atoms with van der Waals surface area (Å²) in [7, 11) is 1.55. The summed E-state index contributed by atoms with van der Waals surface area (Å²) in [6.07, 6.45) is 7.25. The lowest BCUT2D eigenvalue weighted by atomic mass is 10.1. The molecule has 1 amide bonds. The molecule has 2 heterocycles. The van der Waals surface area contributed by atoms with Gasteiger partial charge in [-0.2, -0.15) is 0 Å². The van der Waals surface area contributed by atoms with E-state index >= 15 is 0 Å². The van der Waals surface area contributed by atoms with Crippen LogP contribution in [0.3, 0.4) is 0 Å². The molecule has 2 N–H and O–H groups in total. The number of benzene rings is 1. The predicted octanol–water partition coefficient (Wildman–Crippen LogP) is 2.76. The van der Waals surface area contributed by atoms with Crippen LogP contribution in [-0.4, -0.2) is 52.5 Å². The van der Waals surface area contributed by atoms with Crippen LogP contribution in [0, 0.1) is 0 Å². The van der Waals surface area contributed by atoms with E-state index < -0.39 is 5.91 Å². The van der Waals surface area contributed by atoms with Gasteiger partial charge in [-0.1, -0.05) is 31.4 Å². The zero-order valence-electron chi connectivity index (χ0n) is 15.8. The van der Waals surface area contributed by atoms with Gasteiger partial charge in [0, 0.05) is 12.6 Å². The topological polar surface area (TPSA) is 86.3 Å². The molecule has 1 aromatic heterocycles. The number of methoxy groups -OCH3 is 1. The molecule has 2 aromatic rings. The van der Waals surface area contributed by atoms with Crippen LogP contribution in [0.15, 0.2) is 12.1 Å². The second-order valence-corrected chi connectivity index (χ2v) is 7.10. The van der Waals surface area contributed by atoms with Crippen LogP contribution in [0.25, 0.3) is 11.0 Å². The van der Waals surface area contributed by atoms with Crippen LogP contribution >= 0.6 is 0 Å². The van der Waals surface area contributed by atoms with Gasteiger partial charge < -0.3 is 15.4 Å². The van der Waals surface area contributed by atoms with Gasteiger partial charge in [0.1, 0.15) is 11.3 Å². The van der Waals surface area contributed by atoms with E-state index in [0.717, 1.165) is 38.0 Å². The van der Waals surface area contributed by atoms with Crippen molar-refractivity contribution in [3.05, 3.63) is 17.7 Å². The standard InChI is InChI=1S/C19H29N5O2/c1-3-9-23-10-7-5-4-6-8-14(13-23)24-17-12-18(26-2)15(19(20)25)11-16(17)21-22-24/h11-12,14H,3-10,13H2,1-2H3,(H2,20,25). The Bertz CT molecular complexity index is 758. The van der Waals surface area contributed by atoms with Crippen LogP contribution in [0.4, 0.5) is 0 Å². The molecule has 7 heteroatoms. The third kappa shape index (κ3) is 3.98. The van der Waals surface area contributed by atoms with E-state index in [9.17, 15) is 4.79 Å². The minimum Gasteiger partial charge on any atom is -0.496 e. The number of fused-ring (bicyclic) bond motifs is 1. The molecule has 1 unspecified atom stereocenters. The van der Waals surface area contributed by atoms with Crippen molar-refractivity contribution in [3.63, 3.8) is 0 Å². The maximum Gasteiger partial charge on any atom is 0.252 e. The third-order valence-corrected chi connectivity index (χ3v) is 5.17. The highest BCUT2D eigenvalue weighted by molar-refractivity contribution is 5.99. The first-order valence-electron chi connectivity index (χ1n) is 9.59. The molecule has 0 radical (unpaired) electrons. The molecule has 1 saturated heterocycles. The number of hydrogen-bond donors (Lipinski definition) is 1. The lowest BCUT2D eigenvalue weighted by Crippen LogP contribution is -2.32. The normalized spacial score (nSPS) is 19.7. The van der Waals surface area contributed by atoms with Gasteiger partial charge in [-0.25, -0.2) is 4.68 Å². The fourth-order valence-electron chi connectivity index (χ4n) is 3.87. The summed E-state index contributed by atoms with van der Waals surface area (Å²) in [6.45, 7) is 5.46. The monoisotopic (exact) mass is 359 g/mol. The highest BCUT2D eigenvalue weighted by Gasteiger charge is 2.22. The van der Waals surface area contributed by atoms with Crippen molar-refractivity contribution in [1.82, 2.24) is 19.9 Å². The molecule has 1 fully saturated rings. The number of carbonyl (C=O) groups excluding carboxylic acids is 1. The van der Waals surface area contributed by atoms with Crippen molar-refractivity contribution in [1.29, 1.82) is 0 Å². The molecule has 1 aliphatic heterocycles. The minimum atomic E-state index is -0.519. The van der Waals surface area contributed by atoms with Crippen molar-refractivity contribution in [3.8, 4) is 5.75 Å². The van der Waals surface area contributed by atoms with Gasteiger partial charge in [-0.3, -0.25) is 4.79 Å². The van der Waals surface area contributed by atoms with Crippen LogP contribution in [0.1, 0.15) is 61.8 Å². The molecule has 1 aromatic carbocycles. The first-order valence-corrected chi connectivity index (χ1v) is 9.59. The quantitative estimate of drug-likeness (QED) is 0.887. The fraction of sp³-hybridized carbons (Fsp3) is 0.632. The number of ether oxygens (including phenoxy) is 1.